The number of thiazole rings is 1. The normalized spacial score (nSPS) is 12.3. The quantitative estimate of drug-likeness (QED) is 0.725. The third kappa shape index (κ3) is 2.96. The van der Waals surface area contributed by atoms with Crippen molar-refractivity contribution in [3.05, 3.63) is 45.5 Å². The van der Waals surface area contributed by atoms with Crippen LogP contribution >= 0.6 is 22.9 Å². The zero-order chi connectivity index (χ0) is 16.6. The molecule has 0 atom stereocenters. The van der Waals surface area contributed by atoms with Gasteiger partial charge in [-0.25, -0.2) is 0 Å². The van der Waals surface area contributed by atoms with E-state index in [0.717, 1.165) is 22.5 Å². The standard InChI is InChI=1S/C16H17ClN4OS/c1-4-20-12-7-6-11(17)9-14(12)23-16(20)18-15(22)13-8-10(3)19-21(13)5-2/h6-9H,4-5H2,1-3H3. The number of hydrogen-bond donors (Lipinski definition) is 0. The molecular weight excluding hydrogens is 332 g/mol. The maximum absolute atomic E-state index is 12.6. The molecule has 0 radical (unpaired) electrons. The van der Waals surface area contributed by atoms with Crippen LogP contribution in [0.2, 0.25) is 5.02 Å². The van der Waals surface area contributed by atoms with Gasteiger partial charge in [0, 0.05) is 18.1 Å². The predicted molar refractivity (Wildman–Crippen MR) is 93.0 cm³/mol. The van der Waals surface area contributed by atoms with E-state index in [9.17, 15) is 4.79 Å². The van der Waals surface area contributed by atoms with Gasteiger partial charge in [-0.15, -0.1) is 0 Å². The molecule has 0 saturated carbocycles. The summed E-state index contributed by atoms with van der Waals surface area (Å²) in [5, 5.41) is 4.98. The first-order valence-electron chi connectivity index (χ1n) is 7.46. The highest BCUT2D eigenvalue weighted by Crippen LogP contribution is 2.21. The van der Waals surface area contributed by atoms with Crippen LogP contribution in [-0.4, -0.2) is 20.3 Å². The summed E-state index contributed by atoms with van der Waals surface area (Å²) < 4.78 is 4.72. The fourth-order valence-corrected chi connectivity index (χ4v) is 3.91. The number of aryl methyl sites for hydroxylation is 3. The summed E-state index contributed by atoms with van der Waals surface area (Å²) in [6.07, 6.45) is 0. The molecule has 2 aromatic heterocycles. The van der Waals surface area contributed by atoms with Gasteiger partial charge in [0.2, 0.25) is 0 Å². The van der Waals surface area contributed by atoms with E-state index in [1.165, 1.54) is 11.3 Å². The number of rotatable bonds is 3. The van der Waals surface area contributed by atoms with Gasteiger partial charge in [-0.3, -0.25) is 9.48 Å². The van der Waals surface area contributed by atoms with E-state index in [0.29, 0.717) is 22.1 Å². The van der Waals surface area contributed by atoms with Crippen molar-refractivity contribution in [1.82, 2.24) is 14.3 Å². The Morgan fingerprint density at radius 3 is 2.78 bits per heavy atom. The zero-order valence-corrected chi connectivity index (χ0v) is 14.8. The van der Waals surface area contributed by atoms with Crippen molar-refractivity contribution in [2.45, 2.75) is 33.9 Å². The van der Waals surface area contributed by atoms with Gasteiger partial charge in [0.15, 0.2) is 4.80 Å². The van der Waals surface area contributed by atoms with Gasteiger partial charge in [0.1, 0.15) is 5.69 Å². The lowest BCUT2D eigenvalue weighted by Crippen LogP contribution is -2.17. The van der Waals surface area contributed by atoms with E-state index in [-0.39, 0.29) is 5.91 Å². The molecule has 3 rings (SSSR count). The average Bonchev–Trinajstić information content (AvgIpc) is 3.06. The van der Waals surface area contributed by atoms with Crippen LogP contribution in [-0.2, 0) is 13.1 Å². The van der Waals surface area contributed by atoms with Crippen molar-refractivity contribution in [3.63, 3.8) is 0 Å². The van der Waals surface area contributed by atoms with Crippen molar-refractivity contribution < 1.29 is 4.79 Å². The summed E-state index contributed by atoms with van der Waals surface area (Å²) >= 11 is 7.52. The van der Waals surface area contributed by atoms with Crippen LogP contribution in [0.15, 0.2) is 29.3 Å². The predicted octanol–water partition coefficient (Wildman–Crippen LogP) is 3.64. The van der Waals surface area contributed by atoms with Crippen LogP contribution in [0.3, 0.4) is 0 Å². The fraction of sp³-hybridized carbons (Fsp3) is 0.312. The second kappa shape index (κ2) is 6.29. The maximum atomic E-state index is 12.6. The van der Waals surface area contributed by atoms with Gasteiger partial charge in [0.25, 0.3) is 5.91 Å². The van der Waals surface area contributed by atoms with Gasteiger partial charge < -0.3 is 4.57 Å². The monoisotopic (exact) mass is 348 g/mol. The summed E-state index contributed by atoms with van der Waals surface area (Å²) in [4.78, 5) is 17.6. The first kappa shape index (κ1) is 16.0. The van der Waals surface area contributed by atoms with Crippen LogP contribution in [0.25, 0.3) is 10.2 Å². The van der Waals surface area contributed by atoms with E-state index < -0.39 is 0 Å². The summed E-state index contributed by atoms with van der Waals surface area (Å²) in [6, 6.07) is 7.49. The van der Waals surface area contributed by atoms with Gasteiger partial charge in [-0.05, 0) is 45.0 Å². The second-order valence-electron chi connectivity index (χ2n) is 5.14. The van der Waals surface area contributed by atoms with Gasteiger partial charge >= 0.3 is 0 Å². The highest BCUT2D eigenvalue weighted by atomic mass is 35.5. The summed E-state index contributed by atoms with van der Waals surface area (Å²) in [5.74, 6) is -0.271. The molecule has 0 saturated heterocycles. The minimum absolute atomic E-state index is 0.271. The number of amides is 1. The molecule has 1 aromatic carbocycles. The molecule has 0 fully saturated rings. The first-order valence-corrected chi connectivity index (χ1v) is 8.65. The molecular formula is C16H17ClN4OS. The highest BCUT2D eigenvalue weighted by molar-refractivity contribution is 7.16. The zero-order valence-electron chi connectivity index (χ0n) is 13.2. The lowest BCUT2D eigenvalue weighted by atomic mass is 10.3. The molecule has 0 spiro atoms. The van der Waals surface area contributed by atoms with E-state index in [4.69, 9.17) is 11.6 Å². The molecule has 23 heavy (non-hydrogen) atoms. The number of carbonyl (C=O) groups excluding carboxylic acids is 1. The lowest BCUT2D eigenvalue weighted by Gasteiger charge is -2.01. The van der Waals surface area contributed by atoms with E-state index in [1.807, 2.05) is 43.5 Å². The summed E-state index contributed by atoms with van der Waals surface area (Å²) in [6.45, 7) is 7.23. The molecule has 0 aliphatic rings. The Hall–Kier alpha value is -1.92. The average molecular weight is 349 g/mol. The van der Waals surface area contributed by atoms with Crippen LogP contribution in [0, 0.1) is 6.92 Å². The Morgan fingerprint density at radius 2 is 2.09 bits per heavy atom. The molecule has 5 nitrogen and oxygen atoms in total. The largest absolute Gasteiger partial charge is 0.317 e. The van der Waals surface area contributed by atoms with Gasteiger partial charge in [-0.1, -0.05) is 22.9 Å². The third-order valence-corrected chi connectivity index (χ3v) is 4.86. The van der Waals surface area contributed by atoms with Crippen molar-refractivity contribution >= 4 is 39.1 Å². The molecule has 120 valence electrons. The molecule has 0 aliphatic heterocycles. The topological polar surface area (TPSA) is 52.2 Å². The van der Waals surface area contributed by atoms with Crippen molar-refractivity contribution in [3.8, 4) is 0 Å². The smallest absolute Gasteiger partial charge is 0.297 e. The molecule has 7 heteroatoms. The number of benzene rings is 1. The number of hydrogen-bond acceptors (Lipinski definition) is 3. The molecule has 0 bridgehead atoms. The van der Waals surface area contributed by atoms with Gasteiger partial charge in [-0.2, -0.15) is 10.1 Å². The van der Waals surface area contributed by atoms with E-state index in [1.54, 1.807) is 10.7 Å². The molecule has 0 unspecified atom stereocenters. The third-order valence-electron chi connectivity index (χ3n) is 3.58. The Bertz CT molecular complexity index is 951. The molecule has 0 aliphatic carbocycles. The van der Waals surface area contributed by atoms with Crippen molar-refractivity contribution in [1.29, 1.82) is 0 Å². The molecule has 3 aromatic rings. The number of carbonyl (C=O) groups is 1. The first-order chi connectivity index (χ1) is 11.0. The molecule has 1 amide bonds. The van der Waals surface area contributed by atoms with E-state index >= 15 is 0 Å². The summed E-state index contributed by atoms with van der Waals surface area (Å²) in [7, 11) is 0. The molecule has 0 N–H and O–H groups in total. The maximum Gasteiger partial charge on any atom is 0.297 e. The minimum atomic E-state index is -0.271. The number of nitrogens with zero attached hydrogens (tertiary/aromatic N) is 4. The second-order valence-corrected chi connectivity index (χ2v) is 6.59. The SMILES string of the molecule is CCn1nc(C)cc1C(=O)N=c1sc2cc(Cl)ccc2n1CC. The Kier molecular flexibility index (Phi) is 4.37. The Morgan fingerprint density at radius 1 is 1.30 bits per heavy atom. The highest BCUT2D eigenvalue weighted by Gasteiger charge is 2.13. The molecule has 2 heterocycles. The van der Waals surface area contributed by atoms with Crippen LogP contribution in [0.1, 0.15) is 30.0 Å². The van der Waals surface area contributed by atoms with Crippen molar-refractivity contribution in [2.24, 2.45) is 4.99 Å². The number of fused-ring (bicyclic) bond motifs is 1. The lowest BCUT2D eigenvalue weighted by molar-refractivity contribution is 0.0987. The number of halogens is 1. The Balaban J connectivity index is 2.15. The van der Waals surface area contributed by atoms with Crippen LogP contribution in [0.5, 0.6) is 0 Å². The van der Waals surface area contributed by atoms with Gasteiger partial charge in [0.05, 0.1) is 15.9 Å². The van der Waals surface area contributed by atoms with Crippen LogP contribution < -0.4 is 4.80 Å². The summed E-state index contributed by atoms with van der Waals surface area (Å²) in [5.41, 5.74) is 2.37. The van der Waals surface area contributed by atoms with Crippen molar-refractivity contribution in [2.75, 3.05) is 0 Å². The van der Waals surface area contributed by atoms with E-state index in [2.05, 4.69) is 10.1 Å². The van der Waals surface area contributed by atoms with Crippen LogP contribution in [0.4, 0.5) is 0 Å². The Labute approximate surface area is 142 Å². The fourth-order valence-electron chi connectivity index (χ4n) is 2.54. The number of aromatic nitrogens is 3. The minimum Gasteiger partial charge on any atom is -0.317 e.